The summed E-state index contributed by atoms with van der Waals surface area (Å²) in [6.07, 6.45) is 2.88. The number of Topliss-reactive ketones (excluding diaryl/α,β-unsaturated/α-hetero) is 1. The number of carbonyl (C=O) groups excluding carboxylic acids is 1. The highest BCUT2D eigenvalue weighted by molar-refractivity contribution is 7.81. The van der Waals surface area contributed by atoms with Crippen molar-refractivity contribution in [2.24, 2.45) is 5.41 Å². The molecule has 1 aromatic rings. The molecule has 1 heterocycles. The molecule has 4 nitrogen and oxygen atoms in total. The average molecular weight is 199 g/mol. The topological polar surface area (TPSA) is 47.8 Å². The van der Waals surface area contributed by atoms with Gasteiger partial charge in [-0.15, -0.1) is 12.6 Å². The summed E-state index contributed by atoms with van der Waals surface area (Å²) in [5, 5.41) is 3.32. The standard InChI is InChI=1S/C8H13N3OS/c1-8(2,3)6(12)7(13)11-5-9-4-10-11/h4-5,7,13H,1-3H3. The monoisotopic (exact) mass is 199 g/mol. The maximum atomic E-state index is 11.7. The van der Waals surface area contributed by atoms with Crippen LogP contribution in [0.3, 0.4) is 0 Å². The van der Waals surface area contributed by atoms with Gasteiger partial charge in [0.05, 0.1) is 0 Å². The second-order valence-electron chi connectivity index (χ2n) is 3.86. The quantitative estimate of drug-likeness (QED) is 0.731. The van der Waals surface area contributed by atoms with Gasteiger partial charge in [-0.05, 0) is 0 Å². The lowest BCUT2D eigenvalue weighted by atomic mass is 9.91. The summed E-state index contributed by atoms with van der Waals surface area (Å²) < 4.78 is 1.44. The highest BCUT2D eigenvalue weighted by atomic mass is 32.1. The molecular weight excluding hydrogens is 186 g/mol. The zero-order valence-electron chi connectivity index (χ0n) is 7.93. The van der Waals surface area contributed by atoms with Gasteiger partial charge in [-0.2, -0.15) is 5.10 Å². The summed E-state index contributed by atoms with van der Waals surface area (Å²) >= 11 is 4.18. The second-order valence-corrected chi connectivity index (χ2v) is 4.35. The molecular formula is C8H13N3OS. The summed E-state index contributed by atoms with van der Waals surface area (Å²) in [4.78, 5) is 15.5. The SMILES string of the molecule is CC(C)(C)C(=O)C(S)n1cncn1. The third-order valence-corrected chi connectivity index (χ3v) is 2.13. The minimum atomic E-state index is -0.539. The highest BCUT2D eigenvalue weighted by Crippen LogP contribution is 2.24. The van der Waals surface area contributed by atoms with Crippen molar-refractivity contribution in [3.63, 3.8) is 0 Å². The first-order valence-corrected chi connectivity index (χ1v) is 4.51. The van der Waals surface area contributed by atoms with Crippen molar-refractivity contribution < 1.29 is 4.79 Å². The van der Waals surface area contributed by atoms with Crippen molar-refractivity contribution in [1.82, 2.24) is 14.8 Å². The molecule has 0 aliphatic carbocycles. The molecule has 0 aliphatic rings. The minimum Gasteiger partial charge on any atom is -0.296 e. The van der Waals surface area contributed by atoms with Gasteiger partial charge in [0.2, 0.25) is 0 Å². The van der Waals surface area contributed by atoms with Crippen LogP contribution in [0.4, 0.5) is 0 Å². The van der Waals surface area contributed by atoms with Gasteiger partial charge < -0.3 is 0 Å². The Bertz CT molecular complexity index is 289. The third kappa shape index (κ3) is 2.30. The average Bonchev–Trinajstić information content (AvgIpc) is 2.51. The van der Waals surface area contributed by atoms with Crippen molar-refractivity contribution in [2.75, 3.05) is 0 Å². The smallest absolute Gasteiger partial charge is 0.172 e. The normalized spacial score (nSPS) is 14.2. The number of hydrogen-bond donors (Lipinski definition) is 1. The van der Waals surface area contributed by atoms with Gasteiger partial charge >= 0.3 is 0 Å². The fraction of sp³-hybridized carbons (Fsp3) is 0.625. The first-order chi connectivity index (χ1) is 5.93. The van der Waals surface area contributed by atoms with Gasteiger partial charge in [0, 0.05) is 5.41 Å². The minimum absolute atomic E-state index is 0.0290. The molecule has 13 heavy (non-hydrogen) atoms. The molecule has 0 saturated heterocycles. The molecule has 0 spiro atoms. The van der Waals surface area contributed by atoms with Crippen LogP contribution >= 0.6 is 12.6 Å². The summed E-state index contributed by atoms with van der Waals surface area (Å²) in [6, 6.07) is 0. The molecule has 1 rings (SSSR count). The second kappa shape index (κ2) is 3.49. The van der Waals surface area contributed by atoms with Crippen LogP contribution < -0.4 is 0 Å². The van der Waals surface area contributed by atoms with Crippen molar-refractivity contribution in [3.8, 4) is 0 Å². The molecule has 0 radical (unpaired) electrons. The van der Waals surface area contributed by atoms with Gasteiger partial charge in [0.15, 0.2) is 11.2 Å². The molecule has 72 valence electrons. The molecule has 5 heteroatoms. The molecule has 1 unspecified atom stereocenters. The van der Waals surface area contributed by atoms with Gasteiger partial charge in [0.1, 0.15) is 12.7 Å². The molecule has 0 N–H and O–H groups in total. The lowest BCUT2D eigenvalue weighted by molar-refractivity contribution is -0.127. The molecule has 0 aromatic carbocycles. The van der Waals surface area contributed by atoms with Crippen LogP contribution in [-0.4, -0.2) is 20.5 Å². The molecule has 1 aromatic heterocycles. The lowest BCUT2D eigenvalue weighted by Gasteiger charge is -2.20. The zero-order valence-corrected chi connectivity index (χ0v) is 8.82. The van der Waals surface area contributed by atoms with Crippen molar-refractivity contribution in [1.29, 1.82) is 0 Å². The summed E-state index contributed by atoms with van der Waals surface area (Å²) in [5.41, 5.74) is -0.404. The van der Waals surface area contributed by atoms with E-state index < -0.39 is 10.8 Å². The predicted molar refractivity (Wildman–Crippen MR) is 52.5 cm³/mol. The van der Waals surface area contributed by atoms with Gasteiger partial charge in [-0.25, -0.2) is 9.67 Å². The Morgan fingerprint density at radius 2 is 2.15 bits per heavy atom. The van der Waals surface area contributed by atoms with Crippen LogP contribution in [0, 0.1) is 5.41 Å². The number of nitrogens with zero attached hydrogens (tertiary/aromatic N) is 3. The van der Waals surface area contributed by atoms with Crippen LogP contribution in [-0.2, 0) is 4.79 Å². The van der Waals surface area contributed by atoms with E-state index in [4.69, 9.17) is 0 Å². The van der Waals surface area contributed by atoms with Gasteiger partial charge in [-0.1, -0.05) is 20.8 Å². The first kappa shape index (κ1) is 10.2. The third-order valence-electron chi connectivity index (χ3n) is 1.66. The highest BCUT2D eigenvalue weighted by Gasteiger charge is 2.28. The van der Waals surface area contributed by atoms with Gasteiger partial charge in [0.25, 0.3) is 0 Å². The Morgan fingerprint density at radius 1 is 1.54 bits per heavy atom. The Hall–Kier alpha value is -0.840. The fourth-order valence-electron chi connectivity index (χ4n) is 0.851. The number of ketones is 1. The zero-order chi connectivity index (χ0) is 10.1. The Balaban J connectivity index is 2.81. The van der Waals surface area contributed by atoms with E-state index in [1.807, 2.05) is 20.8 Å². The van der Waals surface area contributed by atoms with E-state index in [9.17, 15) is 4.79 Å². The van der Waals surface area contributed by atoms with E-state index in [0.29, 0.717) is 0 Å². The van der Waals surface area contributed by atoms with E-state index in [0.717, 1.165) is 0 Å². The van der Waals surface area contributed by atoms with E-state index in [1.54, 1.807) is 0 Å². The molecule has 0 aliphatic heterocycles. The Kier molecular flexibility index (Phi) is 2.75. The number of rotatable bonds is 2. The Morgan fingerprint density at radius 3 is 2.54 bits per heavy atom. The summed E-state index contributed by atoms with van der Waals surface area (Å²) in [7, 11) is 0. The van der Waals surface area contributed by atoms with E-state index in [1.165, 1.54) is 17.3 Å². The maximum Gasteiger partial charge on any atom is 0.172 e. The van der Waals surface area contributed by atoms with E-state index in [2.05, 4.69) is 22.7 Å². The Labute approximate surface area is 82.8 Å². The number of hydrogen-bond acceptors (Lipinski definition) is 4. The van der Waals surface area contributed by atoms with Crippen LogP contribution in [0.5, 0.6) is 0 Å². The molecule has 1 atom stereocenters. The summed E-state index contributed by atoms with van der Waals surface area (Å²) in [5.74, 6) is 0.0290. The lowest BCUT2D eigenvalue weighted by Crippen LogP contribution is -2.27. The maximum absolute atomic E-state index is 11.7. The van der Waals surface area contributed by atoms with Crippen molar-refractivity contribution in [2.45, 2.75) is 26.1 Å². The first-order valence-electron chi connectivity index (χ1n) is 3.99. The van der Waals surface area contributed by atoms with Crippen LogP contribution in [0.25, 0.3) is 0 Å². The van der Waals surface area contributed by atoms with Gasteiger partial charge in [-0.3, -0.25) is 4.79 Å². The van der Waals surface area contributed by atoms with Crippen LogP contribution in [0.2, 0.25) is 0 Å². The van der Waals surface area contributed by atoms with Crippen LogP contribution in [0.15, 0.2) is 12.7 Å². The molecule has 0 bridgehead atoms. The number of carbonyl (C=O) groups is 1. The number of thiol groups is 1. The van der Waals surface area contributed by atoms with E-state index >= 15 is 0 Å². The van der Waals surface area contributed by atoms with Crippen molar-refractivity contribution >= 4 is 18.4 Å². The fourth-order valence-corrected chi connectivity index (χ4v) is 1.36. The summed E-state index contributed by atoms with van der Waals surface area (Å²) in [6.45, 7) is 5.57. The predicted octanol–water partition coefficient (Wildman–Crippen LogP) is 1.32. The molecule has 0 fully saturated rings. The molecule has 0 amide bonds. The van der Waals surface area contributed by atoms with Crippen LogP contribution in [0.1, 0.15) is 26.1 Å². The number of aromatic nitrogens is 3. The van der Waals surface area contributed by atoms with E-state index in [-0.39, 0.29) is 5.78 Å². The molecule has 0 saturated carbocycles. The van der Waals surface area contributed by atoms with Crippen molar-refractivity contribution in [3.05, 3.63) is 12.7 Å². The largest absolute Gasteiger partial charge is 0.296 e.